The van der Waals surface area contributed by atoms with Crippen molar-refractivity contribution in [1.29, 1.82) is 0 Å². The summed E-state index contributed by atoms with van der Waals surface area (Å²) < 4.78 is 5.20. The van der Waals surface area contributed by atoms with Crippen LogP contribution in [0.2, 0.25) is 0 Å². The molecule has 1 aromatic carbocycles. The van der Waals surface area contributed by atoms with Crippen LogP contribution in [0.3, 0.4) is 0 Å². The molecule has 170 valence electrons. The fourth-order valence-electron chi connectivity index (χ4n) is 3.30. The summed E-state index contributed by atoms with van der Waals surface area (Å²) in [5, 5.41) is 18.0. The number of nitrogens with one attached hydrogen (secondary N) is 3. The predicted octanol–water partition coefficient (Wildman–Crippen LogP) is 2.09. The maximum absolute atomic E-state index is 12.0. The lowest BCUT2D eigenvalue weighted by molar-refractivity contribution is -0.121. The summed E-state index contributed by atoms with van der Waals surface area (Å²) in [5.74, 6) is 1.50. The molecule has 4 aromatic rings. The number of carbonyl (C=O) groups excluding carboxylic acids is 1. The summed E-state index contributed by atoms with van der Waals surface area (Å²) in [6.07, 6.45) is 7.89. The van der Waals surface area contributed by atoms with E-state index in [-0.39, 0.29) is 11.5 Å². The smallest absolute Gasteiger partial charge is 0.272 e. The van der Waals surface area contributed by atoms with Gasteiger partial charge in [0.1, 0.15) is 5.69 Å². The number of aromatic nitrogens is 6. The van der Waals surface area contributed by atoms with E-state index in [1.165, 1.54) is 0 Å². The van der Waals surface area contributed by atoms with Gasteiger partial charge in [0, 0.05) is 43.7 Å². The summed E-state index contributed by atoms with van der Waals surface area (Å²) in [5.41, 5.74) is 0.341. The van der Waals surface area contributed by atoms with Crippen molar-refractivity contribution in [2.24, 2.45) is 0 Å². The molecule has 3 aromatic heterocycles. The first-order chi connectivity index (χ1) is 16.2. The third kappa shape index (κ3) is 5.97. The molecular weight excluding hydrogens is 424 g/mol. The Labute approximate surface area is 189 Å². The first-order valence-electron chi connectivity index (χ1n) is 10.8. The largest absolute Gasteiger partial charge is 0.368 e. The SMILES string of the molecule is O=C(CCCc1nc(-c2cnccn2)no1)NCCCCNc1n[nH]c(=O)c2ccccc12. The maximum Gasteiger partial charge on any atom is 0.272 e. The lowest BCUT2D eigenvalue weighted by Gasteiger charge is -2.08. The minimum Gasteiger partial charge on any atom is -0.368 e. The molecule has 11 heteroatoms. The number of aromatic amines is 1. The maximum atomic E-state index is 12.0. The van der Waals surface area contributed by atoms with Gasteiger partial charge in [0.2, 0.25) is 17.6 Å². The molecule has 0 saturated carbocycles. The van der Waals surface area contributed by atoms with E-state index in [0.717, 1.165) is 18.2 Å². The topological polar surface area (TPSA) is 152 Å². The number of benzene rings is 1. The van der Waals surface area contributed by atoms with E-state index in [2.05, 4.69) is 40.9 Å². The number of rotatable bonds is 11. The van der Waals surface area contributed by atoms with Gasteiger partial charge < -0.3 is 15.2 Å². The van der Waals surface area contributed by atoms with Crippen LogP contribution in [0, 0.1) is 0 Å². The Morgan fingerprint density at radius 3 is 2.76 bits per heavy atom. The number of hydrogen-bond donors (Lipinski definition) is 3. The van der Waals surface area contributed by atoms with E-state index in [4.69, 9.17) is 4.52 Å². The first kappa shape index (κ1) is 22.1. The second kappa shape index (κ2) is 10.9. The molecule has 1 amide bonds. The molecule has 4 rings (SSSR count). The molecule has 0 saturated heterocycles. The van der Waals surface area contributed by atoms with Crippen LogP contribution in [-0.4, -0.2) is 49.3 Å². The number of aryl methyl sites for hydroxylation is 1. The molecule has 0 radical (unpaired) electrons. The quantitative estimate of drug-likeness (QED) is 0.293. The average Bonchev–Trinajstić information content (AvgIpc) is 3.32. The van der Waals surface area contributed by atoms with Gasteiger partial charge in [-0.2, -0.15) is 10.1 Å². The summed E-state index contributed by atoms with van der Waals surface area (Å²) in [6.45, 7) is 1.28. The molecule has 11 nitrogen and oxygen atoms in total. The summed E-state index contributed by atoms with van der Waals surface area (Å²) in [7, 11) is 0. The van der Waals surface area contributed by atoms with Gasteiger partial charge in [-0.3, -0.25) is 14.6 Å². The van der Waals surface area contributed by atoms with Crippen molar-refractivity contribution in [2.45, 2.75) is 32.1 Å². The minimum atomic E-state index is -0.205. The molecule has 0 aliphatic heterocycles. The highest BCUT2D eigenvalue weighted by Gasteiger charge is 2.10. The number of anilines is 1. The first-order valence-corrected chi connectivity index (χ1v) is 10.8. The van der Waals surface area contributed by atoms with Gasteiger partial charge in [-0.25, -0.2) is 10.1 Å². The highest BCUT2D eigenvalue weighted by atomic mass is 16.5. The zero-order valence-electron chi connectivity index (χ0n) is 18.0. The van der Waals surface area contributed by atoms with E-state index in [1.807, 2.05) is 18.2 Å². The number of nitrogens with zero attached hydrogens (tertiary/aromatic N) is 5. The van der Waals surface area contributed by atoms with Gasteiger partial charge in [0.05, 0.1) is 11.6 Å². The van der Waals surface area contributed by atoms with Gasteiger partial charge in [0.15, 0.2) is 5.82 Å². The van der Waals surface area contributed by atoms with E-state index in [9.17, 15) is 9.59 Å². The molecule has 0 unspecified atom stereocenters. The zero-order valence-corrected chi connectivity index (χ0v) is 18.0. The van der Waals surface area contributed by atoms with Crippen molar-refractivity contribution in [3.05, 3.63) is 59.1 Å². The standard InChI is InChI=1S/C22H24N8O3/c31-18(8-5-9-19-27-21(30-33-19)17-14-23-12-13-24-17)25-10-3-4-11-26-20-15-6-1-2-7-16(15)22(32)29-28-20/h1-2,6-7,12-14H,3-5,8-11H2,(H,25,31)(H,26,28)(H,29,32). The van der Waals surface area contributed by atoms with Crippen LogP contribution in [0.4, 0.5) is 5.82 Å². The van der Waals surface area contributed by atoms with E-state index >= 15 is 0 Å². The second-order valence-corrected chi connectivity index (χ2v) is 7.39. The fraction of sp³-hybridized carbons (Fsp3) is 0.318. The number of fused-ring (bicyclic) bond motifs is 1. The van der Waals surface area contributed by atoms with Crippen molar-refractivity contribution >= 4 is 22.5 Å². The third-order valence-corrected chi connectivity index (χ3v) is 4.97. The molecule has 0 aliphatic carbocycles. The van der Waals surface area contributed by atoms with Gasteiger partial charge in [-0.05, 0) is 25.3 Å². The lowest BCUT2D eigenvalue weighted by atomic mass is 10.2. The van der Waals surface area contributed by atoms with E-state index in [0.29, 0.717) is 61.0 Å². The Morgan fingerprint density at radius 1 is 1.06 bits per heavy atom. The van der Waals surface area contributed by atoms with Gasteiger partial charge in [-0.15, -0.1) is 0 Å². The molecule has 0 aliphatic rings. The number of amides is 1. The molecule has 0 bridgehead atoms. The zero-order chi connectivity index (χ0) is 22.9. The number of H-pyrrole nitrogens is 1. The highest BCUT2D eigenvalue weighted by molar-refractivity contribution is 5.90. The molecule has 0 atom stereocenters. The van der Waals surface area contributed by atoms with Crippen molar-refractivity contribution in [2.75, 3.05) is 18.4 Å². The molecule has 3 heterocycles. The molecule has 0 spiro atoms. The van der Waals surface area contributed by atoms with Gasteiger partial charge >= 0.3 is 0 Å². The summed E-state index contributed by atoms with van der Waals surface area (Å²) in [6, 6.07) is 7.33. The van der Waals surface area contributed by atoms with Crippen molar-refractivity contribution in [1.82, 2.24) is 35.6 Å². The Kier molecular flexibility index (Phi) is 7.31. The molecular formula is C22H24N8O3. The molecule has 3 N–H and O–H groups in total. The Morgan fingerprint density at radius 2 is 1.91 bits per heavy atom. The Balaban J connectivity index is 1.10. The normalized spacial score (nSPS) is 10.9. The minimum absolute atomic E-state index is 0.00933. The van der Waals surface area contributed by atoms with Crippen LogP contribution in [0.15, 0.2) is 52.2 Å². The lowest BCUT2D eigenvalue weighted by Crippen LogP contribution is -2.24. The Bertz CT molecular complexity index is 1260. The number of carbonyl (C=O) groups is 1. The Hall–Kier alpha value is -4.15. The summed E-state index contributed by atoms with van der Waals surface area (Å²) in [4.78, 5) is 36.2. The second-order valence-electron chi connectivity index (χ2n) is 7.39. The monoisotopic (exact) mass is 448 g/mol. The van der Waals surface area contributed by atoms with Crippen LogP contribution in [-0.2, 0) is 11.2 Å². The third-order valence-electron chi connectivity index (χ3n) is 4.97. The van der Waals surface area contributed by atoms with Crippen LogP contribution in [0.25, 0.3) is 22.3 Å². The van der Waals surface area contributed by atoms with Crippen LogP contribution in [0.1, 0.15) is 31.6 Å². The van der Waals surface area contributed by atoms with Gasteiger partial charge in [-0.1, -0.05) is 23.4 Å². The van der Waals surface area contributed by atoms with Crippen LogP contribution in [0.5, 0.6) is 0 Å². The predicted molar refractivity (Wildman–Crippen MR) is 121 cm³/mol. The van der Waals surface area contributed by atoms with Crippen molar-refractivity contribution in [3.8, 4) is 11.5 Å². The fourth-order valence-corrected chi connectivity index (χ4v) is 3.30. The van der Waals surface area contributed by atoms with E-state index in [1.54, 1.807) is 24.7 Å². The molecule has 0 fully saturated rings. The highest BCUT2D eigenvalue weighted by Crippen LogP contribution is 2.16. The van der Waals surface area contributed by atoms with Crippen LogP contribution < -0.4 is 16.2 Å². The van der Waals surface area contributed by atoms with E-state index < -0.39 is 0 Å². The number of unbranched alkanes of at least 4 members (excludes halogenated alkanes) is 1. The number of hydrogen-bond acceptors (Lipinski definition) is 9. The summed E-state index contributed by atoms with van der Waals surface area (Å²) >= 11 is 0. The van der Waals surface area contributed by atoms with Crippen molar-refractivity contribution in [3.63, 3.8) is 0 Å². The van der Waals surface area contributed by atoms with Crippen LogP contribution >= 0.6 is 0 Å². The molecule has 33 heavy (non-hydrogen) atoms. The van der Waals surface area contributed by atoms with Crippen molar-refractivity contribution < 1.29 is 9.32 Å². The average molecular weight is 448 g/mol. The van der Waals surface area contributed by atoms with Gasteiger partial charge in [0.25, 0.3) is 5.56 Å².